The van der Waals surface area contributed by atoms with Gasteiger partial charge in [0, 0.05) is 6.20 Å². The number of carbonyl (C=O) groups is 3. The summed E-state index contributed by atoms with van der Waals surface area (Å²) in [5.74, 6) is -2.12. The van der Waals surface area contributed by atoms with Crippen molar-refractivity contribution in [3.63, 3.8) is 0 Å². The molecule has 38 heavy (non-hydrogen) atoms. The summed E-state index contributed by atoms with van der Waals surface area (Å²) >= 11 is 0. The number of carboxylic acids is 1. The summed E-state index contributed by atoms with van der Waals surface area (Å²) < 4.78 is 13.2. The number of halogens is 1. The zero-order chi connectivity index (χ0) is 27.9. The Morgan fingerprint density at radius 2 is 2.03 bits per heavy atom. The molecule has 0 saturated heterocycles. The van der Waals surface area contributed by atoms with Gasteiger partial charge in [0.1, 0.15) is 6.17 Å². The summed E-state index contributed by atoms with van der Waals surface area (Å²) in [6, 6.07) is 6.86. The fourth-order valence-corrected chi connectivity index (χ4v) is 3.58. The van der Waals surface area contributed by atoms with Crippen LogP contribution in [-0.4, -0.2) is 64.7 Å². The number of hydrogen-bond acceptors (Lipinski definition) is 9. The van der Waals surface area contributed by atoms with Crippen LogP contribution in [0.2, 0.25) is 0 Å². The average Bonchev–Trinajstić information content (AvgIpc) is 2.87. The molecular formula is C25H28FN7O5. The number of nitriles is 1. The molecule has 2 amide bonds. The van der Waals surface area contributed by atoms with E-state index in [9.17, 15) is 34.2 Å². The smallest absolute Gasteiger partial charge is 0.305 e. The van der Waals surface area contributed by atoms with Gasteiger partial charge in [0.25, 0.3) is 5.91 Å². The van der Waals surface area contributed by atoms with Gasteiger partial charge in [0.15, 0.2) is 5.96 Å². The minimum absolute atomic E-state index is 0.0147. The number of anilines is 1. The number of aliphatic imine (C=N–C) groups is 1. The number of aliphatic carboxylic acids is 1. The lowest BCUT2D eigenvalue weighted by Gasteiger charge is -2.23. The highest BCUT2D eigenvalue weighted by molar-refractivity contribution is 5.99. The van der Waals surface area contributed by atoms with Gasteiger partial charge in [-0.15, -0.1) is 0 Å². The number of aliphatic hydroxyl groups is 1. The molecule has 0 fully saturated rings. The molecule has 13 heteroatoms. The second-order valence-corrected chi connectivity index (χ2v) is 9.17. The van der Waals surface area contributed by atoms with Crippen LogP contribution in [0.3, 0.4) is 0 Å². The van der Waals surface area contributed by atoms with Crippen LogP contribution in [-0.2, 0) is 15.2 Å². The maximum atomic E-state index is 13.2. The van der Waals surface area contributed by atoms with E-state index >= 15 is 0 Å². The van der Waals surface area contributed by atoms with E-state index in [-0.39, 0.29) is 24.2 Å². The van der Waals surface area contributed by atoms with Gasteiger partial charge in [-0.25, -0.2) is 9.38 Å². The normalized spacial score (nSPS) is 15.8. The topological polar surface area (TPSA) is 189 Å². The zero-order valence-electron chi connectivity index (χ0n) is 20.8. The number of benzene rings is 1. The molecule has 0 radical (unpaired) electrons. The second-order valence-electron chi connectivity index (χ2n) is 9.17. The summed E-state index contributed by atoms with van der Waals surface area (Å²) in [6.07, 6.45) is 1.18. The summed E-state index contributed by atoms with van der Waals surface area (Å²) in [5.41, 5.74) is 0.153. The van der Waals surface area contributed by atoms with Crippen LogP contribution < -0.4 is 21.3 Å². The van der Waals surface area contributed by atoms with Crippen LogP contribution >= 0.6 is 0 Å². The number of nitrogens with one attached hydrogen (secondary N) is 4. The maximum Gasteiger partial charge on any atom is 0.305 e. The number of hydrogen-bond donors (Lipinski definition) is 6. The van der Waals surface area contributed by atoms with E-state index in [1.165, 1.54) is 50.5 Å². The Hall–Kier alpha value is -4.57. The Morgan fingerprint density at radius 3 is 2.66 bits per heavy atom. The number of aromatic nitrogens is 1. The van der Waals surface area contributed by atoms with Gasteiger partial charge in [-0.05, 0) is 43.2 Å². The molecule has 200 valence electrons. The lowest BCUT2D eigenvalue weighted by Crippen LogP contribution is -2.41. The van der Waals surface area contributed by atoms with Crippen molar-refractivity contribution in [3.8, 4) is 6.07 Å². The molecule has 2 atom stereocenters. The van der Waals surface area contributed by atoms with E-state index in [2.05, 4.69) is 31.2 Å². The number of rotatable bonds is 9. The number of carbonyl (C=O) groups excluding carboxylic acids is 2. The molecule has 1 aromatic carbocycles. The number of guanidine groups is 1. The molecule has 3 rings (SSSR count). The van der Waals surface area contributed by atoms with E-state index in [1.54, 1.807) is 0 Å². The highest BCUT2D eigenvalue weighted by Gasteiger charge is 2.23. The van der Waals surface area contributed by atoms with Gasteiger partial charge in [-0.1, -0.05) is 6.07 Å². The van der Waals surface area contributed by atoms with Crippen molar-refractivity contribution in [3.05, 3.63) is 58.9 Å². The highest BCUT2D eigenvalue weighted by Crippen LogP contribution is 2.26. The fourth-order valence-electron chi connectivity index (χ4n) is 3.58. The molecule has 1 unspecified atom stereocenters. The van der Waals surface area contributed by atoms with Crippen LogP contribution in [0, 0.1) is 11.3 Å². The van der Waals surface area contributed by atoms with Crippen molar-refractivity contribution in [2.24, 2.45) is 4.99 Å². The monoisotopic (exact) mass is 525 g/mol. The molecule has 1 aromatic heterocycles. The molecule has 1 aliphatic heterocycles. The lowest BCUT2D eigenvalue weighted by molar-refractivity contribution is -0.137. The van der Waals surface area contributed by atoms with Crippen molar-refractivity contribution in [1.82, 2.24) is 20.9 Å². The predicted octanol–water partition coefficient (Wildman–Crippen LogP) is 0.952. The Balaban J connectivity index is 1.66. The van der Waals surface area contributed by atoms with Crippen LogP contribution in [0.25, 0.3) is 0 Å². The Bertz CT molecular complexity index is 1290. The first-order valence-electron chi connectivity index (χ1n) is 11.7. The third kappa shape index (κ3) is 7.97. The molecule has 2 aromatic rings. The fraction of sp³-hybridized carbons (Fsp3) is 0.360. The summed E-state index contributed by atoms with van der Waals surface area (Å²) in [4.78, 5) is 44.7. The molecule has 0 spiro atoms. The Labute approximate surface area is 218 Å². The third-order valence-corrected chi connectivity index (χ3v) is 5.52. The molecule has 6 N–H and O–H groups in total. The minimum Gasteiger partial charge on any atom is -0.481 e. The van der Waals surface area contributed by atoms with Crippen molar-refractivity contribution in [2.75, 3.05) is 25.0 Å². The first-order valence-corrected chi connectivity index (χ1v) is 11.7. The van der Waals surface area contributed by atoms with Crippen molar-refractivity contribution >= 4 is 29.4 Å². The standard InChI is InChI=1S/C25H28FN7O5/c1-25(2,38)17-4-14(8-27)3-15(5-17)20(7-22(35)36)33-21(34)13-29-23(37)16-6-19(12-28-9-16)32-24-30-10-18(26)11-31-24/h3-6,9,12,18,20,38H,7,10-11,13H2,1-2H3,(H,29,37)(H,33,34)(H,35,36)(H2,30,31,32)/t20-/m0/s1. The largest absolute Gasteiger partial charge is 0.481 e. The van der Waals surface area contributed by atoms with Crippen LogP contribution in [0.1, 0.15) is 53.4 Å². The van der Waals surface area contributed by atoms with Crippen molar-refractivity contribution in [1.29, 1.82) is 5.26 Å². The van der Waals surface area contributed by atoms with Crippen LogP contribution in [0.5, 0.6) is 0 Å². The minimum atomic E-state index is -1.31. The average molecular weight is 526 g/mol. The van der Waals surface area contributed by atoms with E-state index in [4.69, 9.17) is 0 Å². The predicted molar refractivity (Wildman–Crippen MR) is 135 cm³/mol. The molecule has 2 heterocycles. The number of amides is 2. The van der Waals surface area contributed by atoms with Gasteiger partial charge < -0.3 is 31.5 Å². The molecule has 0 bridgehead atoms. The van der Waals surface area contributed by atoms with Gasteiger partial charge in [0.2, 0.25) is 5.91 Å². The second kappa shape index (κ2) is 12.1. The summed E-state index contributed by atoms with van der Waals surface area (Å²) in [7, 11) is 0. The van der Waals surface area contributed by atoms with Crippen LogP contribution in [0.15, 0.2) is 41.7 Å². The SMILES string of the molecule is CC(C)(O)c1cc(C#N)cc([C@H](CC(=O)O)NC(=O)CNC(=O)c2cncc(NC3=NCC(F)CN3)c2)c1. The van der Waals surface area contributed by atoms with Gasteiger partial charge >= 0.3 is 5.97 Å². The third-order valence-electron chi connectivity index (χ3n) is 5.52. The van der Waals surface area contributed by atoms with Crippen molar-refractivity contribution in [2.45, 2.75) is 38.1 Å². The zero-order valence-corrected chi connectivity index (χ0v) is 20.8. The quantitative estimate of drug-likeness (QED) is 0.277. The highest BCUT2D eigenvalue weighted by atomic mass is 19.1. The van der Waals surface area contributed by atoms with E-state index in [0.717, 1.165) is 0 Å². The van der Waals surface area contributed by atoms with E-state index in [1.807, 2.05) is 6.07 Å². The first-order chi connectivity index (χ1) is 17.9. The molecule has 0 saturated carbocycles. The molecular weight excluding hydrogens is 497 g/mol. The molecule has 1 aliphatic rings. The van der Waals surface area contributed by atoms with Gasteiger partial charge in [-0.2, -0.15) is 5.26 Å². The van der Waals surface area contributed by atoms with Gasteiger partial charge in [0.05, 0.1) is 66.8 Å². The Kier molecular flexibility index (Phi) is 8.93. The maximum absolute atomic E-state index is 13.2. The molecule has 12 nitrogen and oxygen atoms in total. The first kappa shape index (κ1) is 28.0. The number of nitrogens with zero attached hydrogens (tertiary/aromatic N) is 3. The summed E-state index contributed by atoms with van der Waals surface area (Å²) in [6.45, 7) is 2.70. The summed E-state index contributed by atoms with van der Waals surface area (Å²) in [5, 5.41) is 39.8. The van der Waals surface area contributed by atoms with Gasteiger partial charge in [-0.3, -0.25) is 19.4 Å². The number of pyridine rings is 1. The Morgan fingerprint density at radius 1 is 1.26 bits per heavy atom. The number of alkyl halides is 1. The lowest BCUT2D eigenvalue weighted by atomic mass is 9.91. The van der Waals surface area contributed by atoms with Crippen molar-refractivity contribution < 1.29 is 29.0 Å². The molecule has 0 aliphatic carbocycles. The van der Waals surface area contributed by atoms with Crippen LogP contribution in [0.4, 0.5) is 10.1 Å². The van der Waals surface area contributed by atoms with E-state index < -0.39 is 48.6 Å². The van der Waals surface area contributed by atoms with E-state index in [0.29, 0.717) is 22.8 Å². The number of carboxylic acid groups (broad SMARTS) is 1.